The minimum atomic E-state index is -1.31. The lowest BCUT2D eigenvalue weighted by Crippen LogP contribution is -2.55. The van der Waals surface area contributed by atoms with E-state index in [0.717, 1.165) is 19.3 Å². The molecule has 0 aromatic carbocycles. The first-order valence-electron chi connectivity index (χ1n) is 8.94. The van der Waals surface area contributed by atoms with Crippen LogP contribution in [0.4, 0.5) is 4.39 Å². The molecule has 0 spiro atoms. The van der Waals surface area contributed by atoms with Gasteiger partial charge in [0.15, 0.2) is 12.0 Å². The second-order valence-corrected chi connectivity index (χ2v) is 8.64. The van der Waals surface area contributed by atoms with Gasteiger partial charge in [0.2, 0.25) is 0 Å². The molecule has 22 heavy (non-hydrogen) atoms. The third-order valence-electron chi connectivity index (χ3n) is 7.65. The second-order valence-electron chi connectivity index (χ2n) is 8.64. The Balaban J connectivity index is 1.76. The number of carbonyl (C=O) groups excluding carboxylic acids is 1. The van der Waals surface area contributed by atoms with E-state index in [1.165, 1.54) is 18.4 Å². The Kier molecular flexibility index (Phi) is 3.15. The SMILES string of the molecule is C[C@]12CCCCC1=CC[C@@H]1[C@@H]2C(O)C[C@]2(C)C(=O)[C@H](F)C[C@@H]12. The first-order valence-corrected chi connectivity index (χ1v) is 8.94. The highest BCUT2D eigenvalue weighted by Gasteiger charge is 2.63. The van der Waals surface area contributed by atoms with Gasteiger partial charge < -0.3 is 5.11 Å². The zero-order valence-corrected chi connectivity index (χ0v) is 13.6. The molecule has 3 heteroatoms. The maximum atomic E-state index is 14.1. The molecule has 3 fully saturated rings. The molecule has 0 bridgehead atoms. The zero-order valence-electron chi connectivity index (χ0n) is 13.6. The number of fused-ring (bicyclic) bond motifs is 5. The number of alkyl halides is 1. The van der Waals surface area contributed by atoms with Crippen molar-refractivity contribution in [3.05, 3.63) is 11.6 Å². The lowest BCUT2D eigenvalue weighted by molar-refractivity contribution is -0.145. The quantitative estimate of drug-likeness (QED) is 0.691. The number of hydrogen-bond acceptors (Lipinski definition) is 2. The van der Waals surface area contributed by atoms with Crippen molar-refractivity contribution in [2.45, 2.75) is 71.1 Å². The monoisotopic (exact) mass is 306 g/mol. The molecule has 0 aliphatic heterocycles. The van der Waals surface area contributed by atoms with Crippen LogP contribution in [0.5, 0.6) is 0 Å². The van der Waals surface area contributed by atoms with Crippen LogP contribution in [0.3, 0.4) is 0 Å². The summed E-state index contributed by atoms with van der Waals surface area (Å²) < 4.78 is 14.1. The highest BCUT2D eigenvalue weighted by Crippen LogP contribution is 2.64. The van der Waals surface area contributed by atoms with Gasteiger partial charge in [-0.1, -0.05) is 31.9 Å². The van der Waals surface area contributed by atoms with E-state index in [1.54, 1.807) is 0 Å². The Bertz CT molecular complexity index is 542. The predicted octanol–water partition coefficient (Wildman–Crippen LogP) is 3.83. The normalized spacial score (nSPS) is 54.3. The van der Waals surface area contributed by atoms with Gasteiger partial charge in [0.05, 0.1) is 6.10 Å². The van der Waals surface area contributed by atoms with Gasteiger partial charge in [-0.05, 0) is 61.7 Å². The highest BCUT2D eigenvalue weighted by atomic mass is 19.1. The summed E-state index contributed by atoms with van der Waals surface area (Å²) in [6.07, 6.45) is 7.10. The minimum Gasteiger partial charge on any atom is -0.393 e. The van der Waals surface area contributed by atoms with Crippen LogP contribution in [-0.4, -0.2) is 23.2 Å². The summed E-state index contributed by atoms with van der Waals surface area (Å²) in [6.45, 7) is 4.21. The average molecular weight is 306 g/mol. The van der Waals surface area contributed by atoms with Crippen molar-refractivity contribution < 1.29 is 14.3 Å². The van der Waals surface area contributed by atoms with Crippen LogP contribution >= 0.6 is 0 Å². The van der Waals surface area contributed by atoms with Crippen molar-refractivity contribution in [3.8, 4) is 0 Å². The number of allylic oxidation sites excluding steroid dienone is 2. The summed E-state index contributed by atoms with van der Waals surface area (Å²) in [7, 11) is 0. The van der Waals surface area contributed by atoms with E-state index >= 15 is 0 Å². The molecule has 3 saturated carbocycles. The summed E-state index contributed by atoms with van der Waals surface area (Å²) in [5.74, 6) is 0.341. The number of carbonyl (C=O) groups is 1. The van der Waals surface area contributed by atoms with Crippen molar-refractivity contribution in [1.82, 2.24) is 0 Å². The summed E-state index contributed by atoms with van der Waals surface area (Å²) in [4.78, 5) is 12.3. The summed E-state index contributed by atoms with van der Waals surface area (Å²) in [6, 6.07) is 0. The molecule has 0 heterocycles. The van der Waals surface area contributed by atoms with Crippen molar-refractivity contribution in [2.75, 3.05) is 0 Å². The number of rotatable bonds is 0. The van der Waals surface area contributed by atoms with E-state index in [1.807, 2.05) is 6.92 Å². The fourth-order valence-electron chi connectivity index (χ4n) is 6.58. The first-order chi connectivity index (χ1) is 10.4. The smallest absolute Gasteiger partial charge is 0.173 e. The number of Topliss-reactive ketones (excluding diaryl/α,β-unsaturated/α-hetero) is 1. The number of halogens is 1. The summed E-state index contributed by atoms with van der Waals surface area (Å²) in [5, 5.41) is 10.9. The zero-order chi connectivity index (χ0) is 15.7. The molecule has 1 N–H and O–H groups in total. The van der Waals surface area contributed by atoms with Crippen LogP contribution in [0.1, 0.15) is 58.8 Å². The van der Waals surface area contributed by atoms with Crippen LogP contribution in [0.15, 0.2) is 11.6 Å². The Morgan fingerprint density at radius 3 is 2.82 bits per heavy atom. The van der Waals surface area contributed by atoms with Crippen molar-refractivity contribution in [1.29, 1.82) is 0 Å². The van der Waals surface area contributed by atoms with Crippen LogP contribution in [0.25, 0.3) is 0 Å². The largest absolute Gasteiger partial charge is 0.393 e. The molecule has 0 amide bonds. The second kappa shape index (κ2) is 4.66. The number of aliphatic hydroxyl groups is 1. The van der Waals surface area contributed by atoms with Gasteiger partial charge in [0.1, 0.15) is 0 Å². The Hall–Kier alpha value is -0.700. The lowest BCUT2D eigenvalue weighted by atomic mass is 9.47. The van der Waals surface area contributed by atoms with Crippen LogP contribution in [0, 0.1) is 28.6 Å². The number of ketones is 1. The van der Waals surface area contributed by atoms with Gasteiger partial charge in [-0.15, -0.1) is 0 Å². The molecule has 1 unspecified atom stereocenters. The van der Waals surface area contributed by atoms with E-state index in [0.29, 0.717) is 12.8 Å². The third kappa shape index (κ3) is 1.72. The molecular weight excluding hydrogens is 279 g/mol. The molecule has 4 aliphatic rings. The minimum absolute atomic E-state index is 0.0688. The standard InChI is InChI=1S/C19H27FO2/c1-18-8-4-3-5-11(18)6-7-12-13-9-14(20)17(22)19(13,2)10-15(21)16(12)18/h6,12-16,21H,3-5,7-10H2,1-2H3/t12-,13-,14+,15?,16+,18-,19-/m0/s1. The Labute approximate surface area is 132 Å². The maximum absolute atomic E-state index is 14.1. The number of hydrogen-bond donors (Lipinski definition) is 1. The van der Waals surface area contributed by atoms with Crippen molar-refractivity contribution in [3.63, 3.8) is 0 Å². The van der Waals surface area contributed by atoms with Crippen LogP contribution < -0.4 is 0 Å². The van der Waals surface area contributed by atoms with Crippen molar-refractivity contribution in [2.24, 2.45) is 28.6 Å². The highest BCUT2D eigenvalue weighted by molar-refractivity contribution is 5.91. The Morgan fingerprint density at radius 2 is 2.05 bits per heavy atom. The molecule has 0 radical (unpaired) electrons. The predicted molar refractivity (Wildman–Crippen MR) is 83.0 cm³/mol. The molecular formula is C19H27FO2. The molecule has 7 atom stereocenters. The molecule has 4 rings (SSSR count). The van der Waals surface area contributed by atoms with E-state index in [9.17, 15) is 14.3 Å². The van der Waals surface area contributed by atoms with Gasteiger partial charge >= 0.3 is 0 Å². The lowest BCUT2D eigenvalue weighted by Gasteiger charge is -2.58. The molecule has 4 aliphatic carbocycles. The van der Waals surface area contributed by atoms with E-state index in [4.69, 9.17) is 0 Å². The molecule has 0 saturated heterocycles. The van der Waals surface area contributed by atoms with E-state index in [-0.39, 0.29) is 29.0 Å². The summed E-state index contributed by atoms with van der Waals surface area (Å²) in [5.41, 5.74) is 0.944. The van der Waals surface area contributed by atoms with Crippen molar-refractivity contribution >= 4 is 5.78 Å². The molecule has 2 nitrogen and oxygen atoms in total. The fourth-order valence-corrected chi connectivity index (χ4v) is 6.58. The molecule has 0 aromatic rings. The number of aliphatic hydroxyl groups excluding tert-OH is 1. The first kappa shape index (κ1) is 14.9. The van der Waals surface area contributed by atoms with Crippen LogP contribution in [-0.2, 0) is 4.79 Å². The third-order valence-corrected chi connectivity index (χ3v) is 7.65. The van der Waals surface area contributed by atoms with Gasteiger partial charge in [-0.25, -0.2) is 4.39 Å². The summed E-state index contributed by atoms with van der Waals surface area (Å²) >= 11 is 0. The van der Waals surface area contributed by atoms with Gasteiger partial charge in [-0.2, -0.15) is 0 Å². The van der Waals surface area contributed by atoms with Crippen LogP contribution in [0.2, 0.25) is 0 Å². The van der Waals surface area contributed by atoms with Gasteiger partial charge in [0, 0.05) is 5.41 Å². The van der Waals surface area contributed by atoms with Gasteiger partial charge in [0.25, 0.3) is 0 Å². The average Bonchev–Trinajstić information content (AvgIpc) is 2.70. The van der Waals surface area contributed by atoms with E-state index < -0.39 is 17.7 Å². The van der Waals surface area contributed by atoms with E-state index in [2.05, 4.69) is 13.0 Å². The Morgan fingerprint density at radius 1 is 1.27 bits per heavy atom. The molecule has 0 aromatic heterocycles. The topological polar surface area (TPSA) is 37.3 Å². The maximum Gasteiger partial charge on any atom is 0.173 e. The molecule has 122 valence electrons. The fraction of sp³-hybridized carbons (Fsp3) is 0.842. The van der Waals surface area contributed by atoms with Gasteiger partial charge in [-0.3, -0.25) is 4.79 Å².